The van der Waals surface area contributed by atoms with Crippen LogP contribution >= 0.6 is 34.5 Å². The van der Waals surface area contributed by atoms with E-state index < -0.39 is 17.7 Å². The molecule has 0 bridgehead atoms. The first-order valence-corrected chi connectivity index (χ1v) is 12.9. The summed E-state index contributed by atoms with van der Waals surface area (Å²) < 4.78 is 2.56. The van der Waals surface area contributed by atoms with E-state index in [0.29, 0.717) is 38.3 Å². The molecule has 7 nitrogen and oxygen atoms in total. The van der Waals surface area contributed by atoms with E-state index in [1.807, 2.05) is 31.2 Å². The molecule has 1 amide bonds. The number of aromatic nitrogens is 3. The molecule has 2 aromatic carbocycles. The monoisotopic (exact) mass is 548 g/mol. The number of fused-ring (bicyclic) bond motifs is 2. The zero-order valence-corrected chi connectivity index (χ0v) is 21.9. The Morgan fingerprint density at radius 2 is 1.81 bits per heavy atom. The molecule has 37 heavy (non-hydrogen) atoms. The van der Waals surface area contributed by atoms with Crippen LogP contribution in [0.15, 0.2) is 66.4 Å². The van der Waals surface area contributed by atoms with Crippen molar-refractivity contribution in [3.8, 4) is 0 Å². The van der Waals surface area contributed by atoms with Crippen molar-refractivity contribution in [2.75, 3.05) is 4.90 Å². The van der Waals surface area contributed by atoms with Gasteiger partial charge in [0, 0.05) is 6.20 Å². The van der Waals surface area contributed by atoms with Gasteiger partial charge in [0.05, 0.1) is 37.6 Å². The number of pyridine rings is 1. The van der Waals surface area contributed by atoms with Gasteiger partial charge in [-0.25, -0.2) is 9.97 Å². The van der Waals surface area contributed by atoms with Crippen molar-refractivity contribution >= 4 is 73.0 Å². The maximum atomic E-state index is 13.6. The van der Waals surface area contributed by atoms with Crippen LogP contribution in [0.1, 0.15) is 28.6 Å². The molecule has 1 unspecified atom stereocenters. The zero-order chi connectivity index (χ0) is 26.0. The van der Waals surface area contributed by atoms with Crippen LogP contribution in [0, 0.1) is 13.8 Å². The van der Waals surface area contributed by atoms with E-state index in [4.69, 9.17) is 23.2 Å². The number of rotatable bonds is 3. The Kier molecular flexibility index (Phi) is 5.56. The molecule has 1 aliphatic rings. The van der Waals surface area contributed by atoms with Gasteiger partial charge in [-0.2, -0.15) is 0 Å². The first-order chi connectivity index (χ1) is 17.7. The maximum Gasteiger partial charge on any atom is 0.301 e. The Hall–Kier alpha value is -3.72. The second kappa shape index (κ2) is 8.69. The summed E-state index contributed by atoms with van der Waals surface area (Å²) in [5.74, 6) is -1.95. The second-order valence-electron chi connectivity index (χ2n) is 8.78. The van der Waals surface area contributed by atoms with Gasteiger partial charge in [-0.05, 0) is 61.4 Å². The third-order valence-corrected chi connectivity index (χ3v) is 8.13. The number of amides is 1. The highest BCUT2D eigenvalue weighted by molar-refractivity contribution is 7.22. The summed E-state index contributed by atoms with van der Waals surface area (Å²) in [6.07, 6.45) is 1.74. The average Bonchev–Trinajstić information content (AvgIpc) is 3.51. The fraction of sp³-hybridized carbons (Fsp3) is 0.111. The van der Waals surface area contributed by atoms with Crippen LogP contribution in [0.25, 0.3) is 21.6 Å². The number of thiazole rings is 1. The van der Waals surface area contributed by atoms with Crippen molar-refractivity contribution in [3.05, 3.63) is 98.9 Å². The van der Waals surface area contributed by atoms with Crippen molar-refractivity contribution in [3.63, 3.8) is 0 Å². The molecule has 0 radical (unpaired) electrons. The summed E-state index contributed by atoms with van der Waals surface area (Å²) in [7, 11) is 0. The minimum absolute atomic E-state index is 0.0763. The molecule has 6 rings (SSSR count). The molecule has 0 aliphatic carbocycles. The molecule has 3 aromatic heterocycles. The van der Waals surface area contributed by atoms with Crippen molar-refractivity contribution in [2.24, 2.45) is 0 Å². The fourth-order valence-corrected chi connectivity index (χ4v) is 6.07. The van der Waals surface area contributed by atoms with Crippen LogP contribution in [-0.4, -0.2) is 31.2 Å². The molecule has 4 heterocycles. The minimum Gasteiger partial charge on any atom is -0.505 e. The van der Waals surface area contributed by atoms with E-state index in [9.17, 15) is 14.7 Å². The van der Waals surface area contributed by atoms with E-state index >= 15 is 0 Å². The van der Waals surface area contributed by atoms with E-state index in [-0.39, 0.29) is 16.4 Å². The maximum absolute atomic E-state index is 13.6. The van der Waals surface area contributed by atoms with Gasteiger partial charge < -0.3 is 5.11 Å². The summed E-state index contributed by atoms with van der Waals surface area (Å²) >= 11 is 13.8. The highest BCUT2D eigenvalue weighted by Gasteiger charge is 2.48. The Labute approximate surface area is 225 Å². The number of halogens is 2. The number of carbonyl (C=O) groups is 2. The third kappa shape index (κ3) is 3.71. The number of hydrogen-bond donors (Lipinski definition) is 1. The number of ketones is 1. The topological polar surface area (TPSA) is 87.8 Å². The van der Waals surface area contributed by atoms with Gasteiger partial charge in [0.25, 0.3) is 5.78 Å². The Bertz CT molecular complexity index is 1810. The SMILES string of the molecule is Cc1ccc2nc(N3C(=O)C(=O)C(=C(O)c4c(C)nc5ccccn45)C3c3ccc(Cl)c(Cl)c3)sc2c1. The summed E-state index contributed by atoms with van der Waals surface area (Å²) in [5, 5.41) is 12.5. The molecule has 1 atom stereocenters. The Morgan fingerprint density at radius 3 is 2.59 bits per heavy atom. The number of aryl methyl sites for hydroxylation is 2. The minimum atomic E-state index is -0.981. The lowest BCUT2D eigenvalue weighted by Crippen LogP contribution is -2.29. The smallest absolute Gasteiger partial charge is 0.301 e. The van der Waals surface area contributed by atoms with Crippen LogP contribution < -0.4 is 4.90 Å². The van der Waals surface area contributed by atoms with E-state index in [1.165, 1.54) is 16.2 Å². The summed E-state index contributed by atoms with van der Waals surface area (Å²) in [6, 6.07) is 15.1. The lowest BCUT2D eigenvalue weighted by atomic mass is 9.96. The molecule has 1 fully saturated rings. The molecule has 184 valence electrons. The second-order valence-corrected chi connectivity index (χ2v) is 10.6. The van der Waals surface area contributed by atoms with Crippen LogP contribution in [0.2, 0.25) is 10.0 Å². The number of aliphatic hydroxyl groups excluding tert-OH is 1. The Morgan fingerprint density at radius 1 is 1.00 bits per heavy atom. The summed E-state index contributed by atoms with van der Waals surface area (Å²) in [4.78, 5) is 37.6. The number of aliphatic hydroxyl groups is 1. The first-order valence-electron chi connectivity index (χ1n) is 11.3. The predicted molar refractivity (Wildman–Crippen MR) is 146 cm³/mol. The van der Waals surface area contributed by atoms with Crippen molar-refractivity contribution in [1.29, 1.82) is 0 Å². The highest BCUT2D eigenvalue weighted by atomic mass is 35.5. The largest absolute Gasteiger partial charge is 0.505 e. The number of anilines is 1. The van der Waals surface area contributed by atoms with Crippen LogP contribution in [-0.2, 0) is 9.59 Å². The molecular weight excluding hydrogens is 531 g/mol. The number of carbonyl (C=O) groups excluding carboxylic acids is 2. The molecule has 1 saturated heterocycles. The van der Waals surface area contributed by atoms with Crippen molar-refractivity contribution in [2.45, 2.75) is 19.9 Å². The van der Waals surface area contributed by atoms with Gasteiger partial charge in [0.1, 0.15) is 11.3 Å². The Balaban J connectivity index is 1.62. The van der Waals surface area contributed by atoms with Gasteiger partial charge >= 0.3 is 5.91 Å². The zero-order valence-electron chi connectivity index (χ0n) is 19.6. The number of benzene rings is 2. The molecule has 1 aliphatic heterocycles. The number of nitrogens with zero attached hydrogens (tertiary/aromatic N) is 4. The van der Waals surface area contributed by atoms with E-state index in [2.05, 4.69) is 9.97 Å². The quantitative estimate of drug-likeness (QED) is 0.158. The molecule has 0 spiro atoms. The van der Waals surface area contributed by atoms with Crippen LogP contribution in [0.3, 0.4) is 0 Å². The molecule has 5 aromatic rings. The molecular formula is C27H18Cl2N4O3S. The number of Topliss-reactive ketones (excluding diaryl/α,β-unsaturated/α-hetero) is 1. The lowest BCUT2D eigenvalue weighted by Gasteiger charge is -2.23. The van der Waals surface area contributed by atoms with Gasteiger partial charge in [-0.3, -0.25) is 18.9 Å². The normalized spacial score (nSPS) is 17.4. The predicted octanol–water partition coefficient (Wildman–Crippen LogP) is 6.49. The van der Waals surface area contributed by atoms with E-state index in [0.717, 1.165) is 10.3 Å². The summed E-state index contributed by atoms with van der Waals surface area (Å²) in [6.45, 7) is 3.71. The van der Waals surface area contributed by atoms with Crippen molar-refractivity contribution in [1.82, 2.24) is 14.4 Å². The van der Waals surface area contributed by atoms with Gasteiger partial charge in [-0.15, -0.1) is 0 Å². The van der Waals surface area contributed by atoms with Crippen LogP contribution in [0.4, 0.5) is 5.13 Å². The fourth-order valence-electron chi connectivity index (χ4n) is 4.68. The molecule has 10 heteroatoms. The van der Waals surface area contributed by atoms with E-state index in [1.54, 1.807) is 47.9 Å². The molecule has 0 saturated carbocycles. The third-order valence-electron chi connectivity index (χ3n) is 6.37. The van der Waals surface area contributed by atoms with Gasteiger partial charge in [-0.1, -0.05) is 52.7 Å². The van der Waals surface area contributed by atoms with Crippen molar-refractivity contribution < 1.29 is 14.7 Å². The summed E-state index contributed by atoms with van der Waals surface area (Å²) in [5.41, 5.74) is 3.64. The highest BCUT2D eigenvalue weighted by Crippen LogP contribution is 2.45. The number of imidazole rings is 1. The first kappa shape index (κ1) is 23.7. The standard InChI is InChI=1S/C27H18Cl2N4O3S/c1-13-6-9-18-19(11-13)37-27(31-18)33-23(15-7-8-16(28)17(29)12-15)21(25(35)26(33)36)24(34)22-14(2)30-20-5-3-4-10-32(20)22/h3-12,23,34H,1-2H3. The number of hydrogen-bond acceptors (Lipinski definition) is 6. The van der Waals surface area contributed by atoms with Crippen LogP contribution in [0.5, 0.6) is 0 Å². The van der Waals surface area contributed by atoms with Gasteiger partial charge in [0.15, 0.2) is 10.9 Å². The molecule has 1 N–H and O–H groups in total. The van der Waals surface area contributed by atoms with Gasteiger partial charge in [0.2, 0.25) is 0 Å². The average molecular weight is 549 g/mol. The lowest BCUT2D eigenvalue weighted by molar-refractivity contribution is -0.132.